The molecule has 9 heteroatoms. The van der Waals surface area contributed by atoms with Crippen LogP contribution in [0.5, 0.6) is 0 Å². The van der Waals surface area contributed by atoms with E-state index < -0.39 is 17.7 Å². The molecule has 3 rings (SSSR count). The molecule has 0 spiro atoms. The summed E-state index contributed by atoms with van der Waals surface area (Å²) < 4.78 is 52.7. The molecule has 0 atom stereocenters. The van der Waals surface area contributed by atoms with E-state index in [4.69, 9.17) is 11.6 Å². The van der Waals surface area contributed by atoms with Gasteiger partial charge in [-0.2, -0.15) is 18.2 Å². The molecular formula is C17H17ClF4N4. The second-order valence-electron chi connectivity index (χ2n) is 6.19. The van der Waals surface area contributed by atoms with E-state index in [0.29, 0.717) is 0 Å². The normalized spacial score (nSPS) is 15.7. The molecule has 2 N–H and O–H groups in total. The van der Waals surface area contributed by atoms with E-state index in [-0.39, 0.29) is 28.5 Å². The van der Waals surface area contributed by atoms with Gasteiger partial charge in [0.05, 0.1) is 10.7 Å². The van der Waals surface area contributed by atoms with Gasteiger partial charge in [0.1, 0.15) is 11.6 Å². The Balaban J connectivity index is 1.89. The van der Waals surface area contributed by atoms with Gasteiger partial charge in [0, 0.05) is 12.1 Å². The van der Waals surface area contributed by atoms with Crippen molar-refractivity contribution in [3.8, 4) is 0 Å². The number of alkyl halides is 3. The van der Waals surface area contributed by atoms with Gasteiger partial charge < -0.3 is 10.6 Å². The number of aromatic nitrogens is 2. The Labute approximate surface area is 153 Å². The number of hydrogen-bond acceptors (Lipinski definition) is 4. The molecule has 1 heterocycles. The molecule has 140 valence electrons. The van der Waals surface area contributed by atoms with Crippen LogP contribution in [0.4, 0.5) is 35.0 Å². The maximum atomic E-state index is 13.2. The largest absolute Gasteiger partial charge is 0.433 e. The first kappa shape index (κ1) is 18.7. The van der Waals surface area contributed by atoms with Crippen molar-refractivity contribution in [2.24, 2.45) is 0 Å². The van der Waals surface area contributed by atoms with Crippen LogP contribution in [0.25, 0.3) is 0 Å². The zero-order chi connectivity index (χ0) is 18.7. The smallest absolute Gasteiger partial charge is 0.351 e. The molecule has 1 fully saturated rings. The summed E-state index contributed by atoms with van der Waals surface area (Å²) in [4.78, 5) is 7.71. The van der Waals surface area contributed by atoms with E-state index in [2.05, 4.69) is 20.6 Å². The molecule has 1 aromatic carbocycles. The van der Waals surface area contributed by atoms with Gasteiger partial charge in [-0.05, 0) is 31.0 Å². The van der Waals surface area contributed by atoms with Crippen molar-refractivity contribution in [2.75, 3.05) is 10.6 Å². The number of rotatable bonds is 4. The lowest BCUT2D eigenvalue weighted by Gasteiger charge is -2.23. The zero-order valence-corrected chi connectivity index (χ0v) is 14.5. The minimum Gasteiger partial charge on any atom is -0.351 e. The lowest BCUT2D eigenvalue weighted by atomic mass is 9.96. The molecule has 26 heavy (non-hydrogen) atoms. The average molecular weight is 389 g/mol. The van der Waals surface area contributed by atoms with Crippen molar-refractivity contribution in [3.63, 3.8) is 0 Å². The number of halogens is 5. The van der Waals surface area contributed by atoms with Crippen LogP contribution in [0, 0.1) is 5.82 Å². The van der Waals surface area contributed by atoms with Gasteiger partial charge in [-0.15, -0.1) is 0 Å². The van der Waals surface area contributed by atoms with Gasteiger partial charge in [0.15, 0.2) is 5.69 Å². The molecule has 4 nitrogen and oxygen atoms in total. The Kier molecular flexibility index (Phi) is 5.50. The van der Waals surface area contributed by atoms with Crippen molar-refractivity contribution < 1.29 is 17.6 Å². The van der Waals surface area contributed by atoms with Crippen LogP contribution < -0.4 is 10.6 Å². The highest BCUT2D eigenvalue weighted by atomic mass is 35.5. The van der Waals surface area contributed by atoms with Crippen LogP contribution >= 0.6 is 11.6 Å². The Morgan fingerprint density at radius 3 is 2.42 bits per heavy atom. The average Bonchev–Trinajstić information content (AvgIpc) is 2.57. The second-order valence-corrected chi connectivity index (χ2v) is 6.60. The van der Waals surface area contributed by atoms with Gasteiger partial charge in [-0.1, -0.05) is 30.9 Å². The second kappa shape index (κ2) is 7.65. The molecule has 0 aliphatic heterocycles. The Morgan fingerprint density at radius 1 is 1.04 bits per heavy atom. The molecule has 1 aliphatic rings. The molecule has 0 radical (unpaired) electrons. The zero-order valence-electron chi connectivity index (χ0n) is 13.7. The van der Waals surface area contributed by atoms with Gasteiger partial charge in [0.25, 0.3) is 0 Å². The maximum absolute atomic E-state index is 13.2. The van der Waals surface area contributed by atoms with E-state index in [1.54, 1.807) is 0 Å². The van der Waals surface area contributed by atoms with E-state index in [1.807, 2.05) is 0 Å². The van der Waals surface area contributed by atoms with Gasteiger partial charge in [-0.3, -0.25) is 0 Å². The summed E-state index contributed by atoms with van der Waals surface area (Å²) in [5.41, 5.74) is -0.810. The molecule has 1 aliphatic carbocycles. The number of hydrogen-bond donors (Lipinski definition) is 2. The molecule has 1 saturated carbocycles. The van der Waals surface area contributed by atoms with Gasteiger partial charge in [-0.25, -0.2) is 9.37 Å². The molecule has 0 unspecified atom stereocenters. The lowest BCUT2D eigenvalue weighted by molar-refractivity contribution is -0.141. The third-order valence-corrected chi connectivity index (χ3v) is 4.46. The molecule has 2 aromatic rings. The van der Waals surface area contributed by atoms with E-state index in [0.717, 1.165) is 50.3 Å². The van der Waals surface area contributed by atoms with Crippen molar-refractivity contribution in [2.45, 2.75) is 44.3 Å². The highest BCUT2D eigenvalue weighted by Crippen LogP contribution is 2.32. The van der Waals surface area contributed by atoms with Crippen molar-refractivity contribution in [3.05, 3.63) is 40.8 Å². The minimum atomic E-state index is -4.62. The van der Waals surface area contributed by atoms with Crippen LogP contribution in [0.1, 0.15) is 37.8 Å². The van der Waals surface area contributed by atoms with Crippen molar-refractivity contribution >= 4 is 29.1 Å². The van der Waals surface area contributed by atoms with Crippen LogP contribution in [0.3, 0.4) is 0 Å². The Bertz CT molecular complexity index is 776. The van der Waals surface area contributed by atoms with E-state index in [9.17, 15) is 17.6 Å². The molecule has 0 bridgehead atoms. The minimum absolute atomic E-state index is 0.0407. The Morgan fingerprint density at radius 2 is 1.77 bits per heavy atom. The first-order chi connectivity index (χ1) is 12.3. The molecular weight excluding hydrogens is 372 g/mol. The topological polar surface area (TPSA) is 49.8 Å². The highest BCUT2D eigenvalue weighted by molar-refractivity contribution is 6.33. The van der Waals surface area contributed by atoms with Crippen LogP contribution in [-0.2, 0) is 6.18 Å². The van der Waals surface area contributed by atoms with Crippen molar-refractivity contribution in [1.29, 1.82) is 0 Å². The summed E-state index contributed by atoms with van der Waals surface area (Å²) in [6.07, 6.45) is 0.282. The summed E-state index contributed by atoms with van der Waals surface area (Å²) in [5, 5.41) is 5.73. The lowest BCUT2D eigenvalue weighted by Crippen LogP contribution is -2.24. The third-order valence-electron chi connectivity index (χ3n) is 4.15. The Hall–Kier alpha value is -2.09. The van der Waals surface area contributed by atoms with Crippen LogP contribution in [0.2, 0.25) is 5.02 Å². The predicted molar refractivity (Wildman–Crippen MR) is 92.2 cm³/mol. The summed E-state index contributed by atoms with van der Waals surface area (Å²) in [7, 11) is 0. The molecule has 0 saturated heterocycles. The van der Waals surface area contributed by atoms with Gasteiger partial charge >= 0.3 is 6.18 Å². The molecule has 1 aromatic heterocycles. The van der Waals surface area contributed by atoms with Crippen LogP contribution in [0.15, 0.2) is 24.3 Å². The van der Waals surface area contributed by atoms with Gasteiger partial charge in [0.2, 0.25) is 5.95 Å². The first-order valence-corrected chi connectivity index (χ1v) is 8.64. The summed E-state index contributed by atoms with van der Waals surface area (Å²) >= 11 is 5.92. The number of benzene rings is 1. The fraction of sp³-hybridized carbons (Fsp3) is 0.412. The summed E-state index contributed by atoms with van der Waals surface area (Å²) in [5.74, 6) is -0.703. The summed E-state index contributed by atoms with van der Waals surface area (Å²) in [6, 6.07) is 4.40. The fourth-order valence-corrected chi connectivity index (χ4v) is 3.09. The van der Waals surface area contributed by atoms with Crippen molar-refractivity contribution in [1.82, 2.24) is 9.97 Å². The molecule has 0 amide bonds. The quantitative estimate of drug-likeness (QED) is 0.652. The fourth-order valence-electron chi connectivity index (χ4n) is 2.88. The van der Waals surface area contributed by atoms with E-state index >= 15 is 0 Å². The number of nitrogens with one attached hydrogen (secondary N) is 2. The highest BCUT2D eigenvalue weighted by Gasteiger charge is 2.34. The monoisotopic (exact) mass is 388 g/mol. The third kappa shape index (κ3) is 4.75. The van der Waals surface area contributed by atoms with Crippen LogP contribution in [-0.4, -0.2) is 16.0 Å². The summed E-state index contributed by atoms with van der Waals surface area (Å²) in [6.45, 7) is 0. The standard InChI is InChI=1S/C17H17ClF4N4/c18-12-8-10(19)6-7-13(12)24-15-9-14(17(20,21)22)25-16(26-15)23-11-4-2-1-3-5-11/h6-9,11H,1-5H2,(H2,23,24,25,26). The SMILES string of the molecule is Fc1ccc(Nc2cc(C(F)(F)F)nc(NC3CCCCC3)n2)c(Cl)c1. The number of anilines is 3. The number of nitrogens with zero attached hydrogens (tertiary/aromatic N) is 2. The maximum Gasteiger partial charge on any atom is 0.433 e. The first-order valence-electron chi connectivity index (χ1n) is 8.26. The van der Waals surface area contributed by atoms with E-state index in [1.165, 1.54) is 6.07 Å². The predicted octanol–water partition coefficient (Wildman–Crippen LogP) is 5.78.